The van der Waals surface area contributed by atoms with E-state index in [1.54, 1.807) is 13.8 Å². The highest BCUT2D eigenvalue weighted by atomic mass is 32.2. The third-order valence-corrected chi connectivity index (χ3v) is 6.23. The van der Waals surface area contributed by atoms with E-state index in [0.717, 1.165) is 4.31 Å². The Hall–Kier alpha value is -2.61. The number of benzene rings is 2. The number of sulfonamides is 1. The third-order valence-electron chi connectivity index (χ3n) is 4.40. The molecule has 6 nitrogen and oxygen atoms in total. The molecule has 1 atom stereocenters. The van der Waals surface area contributed by atoms with E-state index in [1.807, 2.05) is 0 Å². The summed E-state index contributed by atoms with van der Waals surface area (Å²) < 4.78 is 41.3. The second-order valence-corrected chi connectivity index (χ2v) is 7.75. The van der Waals surface area contributed by atoms with Gasteiger partial charge in [0.05, 0.1) is 16.3 Å². The van der Waals surface area contributed by atoms with E-state index in [0.29, 0.717) is 6.54 Å². The number of carbonyl (C=O) groups excluding carboxylic acids is 1. The first kappa shape index (κ1) is 18.2. The van der Waals surface area contributed by atoms with Crippen molar-refractivity contribution in [3.63, 3.8) is 0 Å². The number of phenols is 1. The van der Waals surface area contributed by atoms with Gasteiger partial charge in [-0.1, -0.05) is 6.92 Å². The molecule has 0 radical (unpaired) electrons. The summed E-state index contributed by atoms with van der Waals surface area (Å²) in [5.74, 6) is -1.01. The predicted molar refractivity (Wildman–Crippen MR) is 96.3 cm³/mol. The summed E-state index contributed by atoms with van der Waals surface area (Å²) in [6.07, 6.45) is 0.267. The smallest absolute Gasteiger partial charge is 0.265 e. The van der Waals surface area contributed by atoms with Gasteiger partial charge in [0.1, 0.15) is 17.6 Å². The molecule has 0 unspecified atom stereocenters. The van der Waals surface area contributed by atoms with E-state index in [4.69, 9.17) is 0 Å². The van der Waals surface area contributed by atoms with Crippen molar-refractivity contribution in [2.75, 3.05) is 15.7 Å². The van der Waals surface area contributed by atoms with Gasteiger partial charge in [-0.2, -0.15) is 0 Å². The predicted octanol–water partition coefficient (Wildman–Crippen LogP) is 2.87. The van der Waals surface area contributed by atoms with Gasteiger partial charge in [0, 0.05) is 6.54 Å². The molecule has 1 N–H and O–H groups in total. The Morgan fingerprint density at radius 1 is 1.08 bits per heavy atom. The summed E-state index contributed by atoms with van der Waals surface area (Å²) in [6.45, 7) is 3.78. The quantitative estimate of drug-likeness (QED) is 0.887. The SMILES string of the molecule is CC[C@H]1C(=O)N(CC)c2cc(F)ccc2N1S(=O)(=O)c1ccc(O)cc1. The number of halogens is 1. The van der Waals surface area contributed by atoms with Crippen LogP contribution in [0.15, 0.2) is 47.4 Å². The highest BCUT2D eigenvalue weighted by molar-refractivity contribution is 7.93. The minimum Gasteiger partial charge on any atom is -0.508 e. The number of nitrogens with zero attached hydrogens (tertiary/aromatic N) is 2. The maximum absolute atomic E-state index is 13.8. The third kappa shape index (κ3) is 2.80. The molecular weight excluding hydrogens is 359 g/mol. The van der Waals surface area contributed by atoms with E-state index in [1.165, 1.54) is 47.4 Å². The van der Waals surface area contributed by atoms with Crippen LogP contribution in [-0.4, -0.2) is 32.0 Å². The lowest BCUT2D eigenvalue weighted by Crippen LogP contribution is -2.55. The topological polar surface area (TPSA) is 77.9 Å². The van der Waals surface area contributed by atoms with Crippen molar-refractivity contribution in [3.05, 3.63) is 48.3 Å². The van der Waals surface area contributed by atoms with Gasteiger partial charge >= 0.3 is 0 Å². The van der Waals surface area contributed by atoms with Crippen LogP contribution in [0, 0.1) is 5.82 Å². The molecule has 1 aliphatic rings. The molecule has 0 bridgehead atoms. The zero-order chi connectivity index (χ0) is 19.1. The van der Waals surface area contributed by atoms with Gasteiger partial charge in [-0.3, -0.25) is 9.10 Å². The van der Waals surface area contributed by atoms with Crippen molar-refractivity contribution in [2.45, 2.75) is 31.2 Å². The molecule has 0 saturated heterocycles. The van der Waals surface area contributed by atoms with Crippen molar-refractivity contribution >= 4 is 27.3 Å². The van der Waals surface area contributed by atoms with Crippen LogP contribution in [-0.2, 0) is 14.8 Å². The van der Waals surface area contributed by atoms with Crippen LogP contribution >= 0.6 is 0 Å². The molecule has 2 aromatic carbocycles. The number of hydrogen-bond acceptors (Lipinski definition) is 4. The number of phenolic OH excluding ortho intramolecular Hbond substituents is 1. The largest absolute Gasteiger partial charge is 0.508 e. The fraction of sp³-hybridized carbons (Fsp3) is 0.278. The monoisotopic (exact) mass is 378 g/mol. The van der Waals surface area contributed by atoms with Crippen molar-refractivity contribution < 1.29 is 22.7 Å². The maximum atomic E-state index is 13.8. The molecule has 0 saturated carbocycles. The van der Waals surface area contributed by atoms with Crippen LogP contribution in [0.2, 0.25) is 0 Å². The van der Waals surface area contributed by atoms with E-state index in [2.05, 4.69) is 0 Å². The Bertz CT molecular complexity index is 944. The summed E-state index contributed by atoms with van der Waals surface area (Å²) in [7, 11) is -4.08. The Morgan fingerprint density at radius 2 is 1.73 bits per heavy atom. The second kappa shape index (κ2) is 6.60. The van der Waals surface area contributed by atoms with E-state index < -0.39 is 27.8 Å². The first-order valence-corrected chi connectivity index (χ1v) is 9.69. The van der Waals surface area contributed by atoms with Crippen molar-refractivity contribution in [1.29, 1.82) is 0 Å². The summed E-state index contributed by atoms with van der Waals surface area (Å²) in [5.41, 5.74) is 0.484. The molecule has 0 aromatic heterocycles. The van der Waals surface area contributed by atoms with Crippen LogP contribution in [0.1, 0.15) is 20.3 Å². The van der Waals surface area contributed by atoms with E-state index in [-0.39, 0.29) is 28.4 Å². The molecule has 8 heteroatoms. The Kier molecular flexibility index (Phi) is 4.62. The molecule has 0 fully saturated rings. The lowest BCUT2D eigenvalue weighted by atomic mass is 10.1. The van der Waals surface area contributed by atoms with Crippen LogP contribution in [0.3, 0.4) is 0 Å². The number of carbonyl (C=O) groups is 1. The Balaban J connectivity index is 2.24. The first-order valence-electron chi connectivity index (χ1n) is 8.25. The number of aromatic hydroxyl groups is 1. The number of likely N-dealkylation sites (N-methyl/N-ethyl adjacent to an activating group) is 1. The molecule has 1 aliphatic heterocycles. The molecule has 0 aliphatic carbocycles. The van der Waals surface area contributed by atoms with Gasteiger partial charge in [0.25, 0.3) is 15.9 Å². The van der Waals surface area contributed by atoms with Crippen molar-refractivity contribution in [2.24, 2.45) is 0 Å². The molecule has 26 heavy (non-hydrogen) atoms. The Morgan fingerprint density at radius 3 is 2.31 bits per heavy atom. The number of fused-ring (bicyclic) bond motifs is 1. The fourth-order valence-corrected chi connectivity index (χ4v) is 4.86. The van der Waals surface area contributed by atoms with Crippen molar-refractivity contribution in [1.82, 2.24) is 0 Å². The summed E-state index contributed by atoms with van der Waals surface area (Å²) >= 11 is 0. The van der Waals surface area contributed by atoms with Crippen molar-refractivity contribution in [3.8, 4) is 5.75 Å². The average molecular weight is 378 g/mol. The van der Waals surface area contributed by atoms with E-state index in [9.17, 15) is 22.7 Å². The summed E-state index contributed by atoms with van der Waals surface area (Å²) in [5, 5.41) is 9.42. The first-order chi connectivity index (χ1) is 12.3. The van der Waals surface area contributed by atoms with E-state index >= 15 is 0 Å². The molecule has 1 heterocycles. The number of anilines is 2. The number of hydrogen-bond donors (Lipinski definition) is 1. The zero-order valence-corrected chi connectivity index (χ0v) is 15.2. The van der Waals surface area contributed by atoms with Crippen LogP contribution in [0.25, 0.3) is 0 Å². The molecule has 0 spiro atoms. The molecule has 3 rings (SSSR count). The average Bonchev–Trinajstić information content (AvgIpc) is 2.61. The highest BCUT2D eigenvalue weighted by Crippen LogP contribution is 2.40. The van der Waals surface area contributed by atoms with Gasteiger partial charge in [0.15, 0.2) is 0 Å². The molecule has 2 aromatic rings. The lowest BCUT2D eigenvalue weighted by molar-refractivity contribution is -0.119. The number of amides is 1. The van der Waals surface area contributed by atoms with Crippen LogP contribution in [0.5, 0.6) is 5.75 Å². The summed E-state index contributed by atoms with van der Waals surface area (Å²) in [6, 6.07) is 7.88. The highest BCUT2D eigenvalue weighted by Gasteiger charge is 2.43. The fourth-order valence-electron chi connectivity index (χ4n) is 3.16. The van der Waals surface area contributed by atoms with Gasteiger partial charge in [0.2, 0.25) is 0 Å². The molecular formula is C18H19FN2O4S. The second-order valence-electron chi connectivity index (χ2n) is 5.93. The zero-order valence-electron chi connectivity index (χ0n) is 14.4. The molecule has 138 valence electrons. The maximum Gasteiger partial charge on any atom is 0.265 e. The normalized spacial score (nSPS) is 17.3. The number of rotatable bonds is 4. The van der Waals surface area contributed by atoms with Gasteiger partial charge in [-0.25, -0.2) is 12.8 Å². The molecule has 1 amide bonds. The minimum absolute atomic E-state index is 0.0539. The van der Waals surface area contributed by atoms with Gasteiger partial charge in [-0.15, -0.1) is 0 Å². The van der Waals surface area contributed by atoms with Crippen LogP contribution < -0.4 is 9.21 Å². The summed E-state index contributed by atoms with van der Waals surface area (Å²) in [4.78, 5) is 14.2. The van der Waals surface area contributed by atoms with Crippen LogP contribution in [0.4, 0.5) is 15.8 Å². The Labute approximate surface area is 151 Å². The van der Waals surface area contributed by atoms with Gasteiger partial charge in [-0.05, 0) is 55.8 Å². The minimum atomic E-state index is -4.08. The lowest BCUT2D eigenvalue weighted by Gasteiger charge is -2.41. The standard InChI is InChI=1S/C18H19FN2O4S/c1-3-15-18(23)20(4-2)17-11-12(19)5-10-16(17)21(15)26(24,25)14-8-6-13(22)7-9-14/h5-11,15,22H,3-4H2,1-2H3/t15-/m0/s1. The van der Waals surface area contributed by atoms with Gasteiger partial charge < -0.3 is 10.0 Å².